The Bertz CT molecular complexity index is 765. The Morgan fingerprint density at radius 3 is 2.61 bits per heavy atom. The normalized spacial score (nSPS) is 24.7. The lowest BCUT2D eigenvalue weighted by Gasteiger charge is -2.34. The van der Waals surface area contributed by atoms with Gasteiger partial charge < -0.3 is 14.5 Å². The highest BCUT2D eigenvalue weighted by molar-refractivity contribution is 5.89. The number of hydrogen-bond acceptors (Lipinski definition) is 5. The van der Waals surface area contributed by atoms with Crippen molar-refractivity contribution < 1.29 is 14.3 Å². The van der Waals surface area contributed by atoms with Crippen LogP contribution in [0.3, 0.4) is 0 Å². The Hall–Kier alpha value is -2.22. The maximum atomic E-state index is 13.0. The number of aromatic nitrogens is 2. The Kier molecular flexibility index (Phi) is 5.75. The van der Waals surface area contributed by atoms with Gasteiger partial charge in [-0.1, -0.05) is 0 Å². The minimum atomic E-state index is -0.215. The van der Waals surface area contributed by atoms with Crippen molar-refractivity contribution in [2.75, 3.05) is 32.8 Å². The summed E-state index contributed by atoms with van der Waals surface area (Å²) in [4.78, 5) is 45.1. The van der Waals surface area contributed by atoms with Crippen molar-refractivity contribution in [3.05, 3.63) is 28.9 Å². The molecule has 0 saturated carbocycles. The van der Waals surface area contributed by atoms with Gasteiger partial charge in [-0.15, -0.1) is 0 Å². The Morgan fingerprint density at radius 1 is 1.14 bits per heavy atom. The average molecular weight is 388 g/mol. The van der Waals surface area contributed by atoms with E-state index in [1.807, 2.05) is 9.80 Å². The first-order valence-corrected chi connectivity index (χ1v) is 10.3. The molecule has 0 aromatic carbocycles. The molecule has 8 nitrogen and oxygen atoms in total. The average Bonchev–Trinajstić information content (AvgIpc) is 3.12. The number of carbonyl (C=O) groups is 2. The lowest BCUT2D eigenvalue weighted by Crippen LogP contribution is -2.44. The molecule has 8 heteroatoms. The molecule has 28 heavy (non-hydrogen) atoms. The summed E-state index contributed by atoms with van der Waals surface area (Å²) < 4.78 is 7.03. The van der Waals surface area contributed by atoms with Crippen LogP contribution in [-0.2, 0) is 20.9 Å². The summed E-state index contributed by atoms with van der Waals surface area (Å²) in [6.45, 7) is 3.98. The van der Waals surface area contributed by atoms with Gasteiger partial charge in [-0.2, -0.15) is 0 Å². The molecule has 3 fully saturated rings. The third kappa shape index (κ3) is 4.11. The van der Waals surface area contributed by atoms with E-state index >= 15 is 0 Å². The van der Waals surface area contributed by atoms with E-state index in [0.717, 1.165) is 25.7 Å². The number of hydrogen-bond donors (Lipinski definition) is 0. The number of amides is 2. The van der Waals surface area contributed by atoms with Crippen LogP contribution < -0.4 is 5.56 Å². The van der Waals surface area contributed by atoms with Crippen LogP contribution >= 0.6 is 0 Å². The van der Waals surface area contributed by atoms with Crippen LogP contribution in [0, 0.1) is 11.8 Å². The van der Waals surface area contributed by atoms with Gasteiger partial charge in [0, 0.05) is 64.1 Å². The van der Waals surface area contributed by atoms with E-state index in [1.54, 1.807) is 10.9 Å². The lowest BCUT2D eigenvalue weighted by molar-refractivity contribution is -0.137. The van der Waals surface area contributed by atoms with Gasteiger partial charge in [-0.3, -0.25) is 19.0 Å². The van der Waals surface area contributed by atoms with Crippen LogP contribution in [0.1, 0.15) is 32.1 Å². The summed E-state index contributed by atoms with van der Waals surface area (Å²) in [5, 5.41) is 0. The van der Waals surface area contributed by atoms with Crippen molar-refractivity contribution in [2.45, 2.75) is 44.7 Å². The predicted molar refractivity (Wildman–Crippen MR) is 101 cm³/mol. The van der Waals surface area contributed by atoms with E-state index in [4.69, 9.17) is 4.74 Å². The van der Waals surface area contributed by atoms with Crippen molar-refractivity contribution in [1.29, 1.82) is 0 Å². The summed E-state index contributed by atoms with van der Waals surface area (Å²) in [6, 6.07) is 1.70. The number of likely N-dealkylation sites (tertiary alicyclic amines) is 2. The number of nitrogens with zero attached hydrogens (tertiary/aromatic N) is 4. The molecule has 4 rings (SSSR count). The second-order valence-electron chi connectivity index (χ2n) is 8.13. The van der Waals surface area contributed by atoms with Crippen LogP contribution in [0.2, 0.25) is 0 Å². The number of piperidine rings is 1. The minimum absolute atomic E-state index is 0.0359. The van der Waals surface area contributed by atoms with Gasteiger partial charge in [0.05, 0.1) is 12.2 Å². The minimum Gasteiger partial charge on any atom is -0.381 e. The number of rotatable bonds is 4. The van der Waals surface area contributed by atoms with E-state index in [-0.39, 0.29) is 29.3 Å². The van der Waals surface area contributed by atoms with Crippen LogP contribution in [0.15, 0.2) is 23.4 Å². The van der Waals surface area contributed by atoms with Gasteiger partial charge in [0.2, 0.25) is 11.8 Å². The molecular weight excluding hydrogens is 360 g/mol. The first-order valence-electron chi connectivity index (χ1n) is 10.3. The molecule has 0 aliphatic carbocycles. The molecule has 3 aliphatic rings. The molecule has 0 bridgehead atoms. The smallest absolute Gasteiger partial charge is 0.253 e. The first kappa shape index (κ1) is 19.1. The van der Waals surface area contributed by atoms with Gasteiger partial charge in [-0.25, -0.2) is 4.98 Å². The van der Waals surface area contributed by atoms with Crippen LogP contribution in [0.25, 0.3) is 0 Å². The zero-order valence-corrected chi connectivity index (χ0v) is 16.2. The molecular formula is C20H28N4O4. The molecule has 1 unspecified atom stereocenters. The van der Waals surface area contributed by atoms with Crippen LogP contribution in [-0.4, -0.2) is 70.1 Å². The largest absolute Gasteiger partial charge is 0.381 e. The van der Waals surface area contributed by atoms with E-state index in [1.165, 1.54) is 12.3 Å². The highest BCUT2D eigenvalue weighted by atomic mass is 16.5. The molecule has 0 radical (unpaired) electrons. The molecule has 4 heterocycles. The van der Waals surface area contributed by atoms with Crippen LogP contribution in [0.4, 0.5) is 0 Å². The summed E-state index contributed by atoms with van der Waals surface area (Å²) in [5.74, 6) is 0.374. The molecule has 3 saturated heterocycles. The Balaban J connectivity index is 1.29. The van der Waals surface area contributed by atoms with Crippen LogP contribution in [0.5, 0.6) is 0 Å². The molecule has 1 aromatic rings. The van der Waals surface area contributed by atoms with E-state index < -0.39 is 0 Å². The van der Waals surface area contributed by atoms with Gasteiger partial charge >= 0.3 is 0 Å². The highest BCUT2D eigenvalue weighted by Gasteiger charge is 2.40. The summed E-state index contributed by atoms with van der Waals surface area (Å²) in [7, 11) is 0. The number of ether oxygens (including phenoxy) is 1. The zero-order valence-electron chi connectivity index (χ0n) is 16.2. The monoisotopic (exact) mass is 388 g/mol. The van der Waals surface area contributed by atoms with E-state index in [9.17, 15) is 14.4 Å². The molecule has 0 spiro atoms. The summed E-state index contributed by atoms with van der Waals surface area (Å²) in [6.07, 6.45) is 6.90. The van der Waals surface area contributed by atoms with Crippen molar-refractivity contribution in [1.82, 2.24) is 19.4 Å². The van der Waals surface area contributed by atoms with Crippen molar-refractivity contribution in [3.8, 4) is 0 Å². The van der Waals surface area contributed by atoms with E-state index in [0.29, 0.717) is 51.7 Å². The molecule has 152 valence electrons. The lowest BCUT2D eigenvalue weighted by atomic mass is 9.95. The maximum absolute atomic E-state index is 13.0. The molecule has 0 N–H and O–H groups in total. The third-order valence-electron chi connectivity index (χ3n) is 6.31. The fourth-order valence-corrected chi connectivity index (χ4v) is 4.63. The second-order valence-corrected chi connectivity index (χ2v) is 8.13. The predicted octanol–water partition coefficient (Wildman–Crippen LogP) is 0.509. The zero-order chi connectivity index (χ0) is 19.5. The van der Waals surface area contributed by atoms with Gasteiger partial charge in [0.1, 0.15) is 0 Å². The quantitative estimate of drug-likeness (QED) is 0.750. The van der Waals surface area contributed by atoms with Gasteiger partial charge in [0.25, 0.3) is 5.56 Å². The second kappa shape index (κ2) is 8.43. The Morgan fingerprint density at radius 2 is 1.89 bits per heavy atom. The molecule has 1 atom stereocenters. The third-order valence-corrected chi connectivity index (χ3v) is 6.31. The van der Waals surface area contributed by atoms with Crippen molar-refractivity contribution in [3.63, 3.8) is 0 Å². The van der Waals surface area contributed by atoms with E-state index in [2.05, 4.69) is 4.98 Å². The van der Waals surface area contributed by atoms with Gasteiger partial charge in [-0.05, 0) is 31.6 Å². The first-order chi connectivity index (χ1) is 13.6. The van der Waals surface area contributed by atoms with Crippen molar-refractivity contribution >= 4 is 11.8 Å². The standard InChI is InChI=1S/C20H28N4O4/c25-18-1-6-21-14-23(18)12-15-2-7-22(8-3-15)20(27)16-11-19(26)24(13-16)17-4-9-28-10-5-17/h1,6,14-17H,2-5,7-13H2. The molecule has 1 aromatic heterocycles. The fourth-order valence-electron chi connectivity index (χ4n) is 4.63. The SMILES string of the molecule is O=C(C1CC(=O)N(C2CCOCC2)C1)N1CCC(Cn2cnccc2=O)CC1. The van der Waals surface area contributed by atoms with Crippen molar-refractivity contribution in [2.24, 2.45) is 11.8 Å². The molecule has 3 aliphatic heterocycles. The topological polar surface area (TPSA) is 84.7 Å². The maximum Gasteiger partial charge on any atom is 0.253 e. The summed E-state index contributed by atoms with van der Waals surface area (Å²) >= 11 is 0. The summed E-state index contributed by atoms with van der Waals surface area (Å²) in [5.41, 5.74) is -0.0359. The number of carbonyl (C=O) groups excluding carboxylic acids is 2. The fraction of sp³-hybridized carbons (Fsp3) is 0.700. The highest BCUT2D eigenvalue weighted by Crippen LogP contribution is 2.28. The molecule has 2 amide bonds. The van der Waals surface area contributed by atoms with Gasteiger partial charge in [0.15, 0.2) is 0 Å². The Labute approximate surface area is 164 Å².